The van der Waals surface area contributed by atoms with E-state index in [1.807, 2.05) is 12.1 Å². The Kier molecular flexibility index (Phi) is 5.48. The number of benzene rings is 1. The number of carbonyl (C=O) groups is 1. The topological polar surface area (TPSA) is 54.7 Å². The molecule has 6 heteroatoms. The van der Waals surface area contributed by atoms with E-state index in [4.69, 9.17) is 9.15 Å². The van der Waals surface area contributed by atoms with Crippen LogP contribution in [0.3, 0.4) is 0 Å². The molecule has 1 aliphatic heterocycles. The molecule has 0 unspecified atom stereocenters. The van der Waals surface area contributed by atoms with E-state index in [1.54, 1.807) is 6.26 Å². The van der Waals surface area contributed by atoms with Crippen molar-refractivity contribution in [3.05, 3.63) is 54.2 Å². The van der Waals surface area contributed by atoms with Gasteiger partial charge in [0.25, 0.3) is 5.91 Å². The van der Waals surface area contributed by atoms with Crippen LogP contribution in [0, 0.1) is 5.82 Å². The third-order valence-corrected chi connectivity index (χ3v) is 4.13. The number of hydrogen-bond acceptors (Lipinski definition) is 4. The van der Waals surface area contributed by atoms with Gasteiger partial charge in [0.05, 0.1) is 12.3 Å². The van der Waals surface area contributed by atoms with E-state index in [2.05, 4.69) is 10.2 Å². The average Bonchev–Trinajstić information content (AvgIpc) is 3.29. The molecule has 1 N–H and O–H groups in total. The summed E-state index contributed by atoms with van der Waals surface area (Å²) in [4.78, 5) is 14.3. The normalized spacial score (nSPS) is 16.0. The van der Waals surface area contributed by atoms with E-state index in [-0.39, 0.29) is 24.4 Å². The van der Waals surface area contributed by atoms with E-state index in [1.165, 1.54) is 37.1 Å². The van der Waals surface area contributed by atoms with Crippen LogP contribution in [0.25, 0.3) is 0 Å². The number of likely N-dealkylation sites (tertiary alicyclic amines) is 1. The summed E-state index contributed by atoms with van der Waals surface area (Å²) in [5.41, 5.74) is 0. The lowest BCUT2D eigenvalue weighted by atomic mass is 10.2. The number of halogens is 1. The van der Waals surface area contributed by atoms with Gasteiger partial charge in [0.2, 0.25) is 0 Å². The number of nitrogens with zero attached hydrogens (tertiary/aromatic N) is 1. The summed E-state index contributed by atoms with van der Waals surface area (Å²) in [6.07, 6.45) is 3.98. The first-order valence-corrected chi connectivity index (χ1v) is 8.15. The summed E-state index contributed by atoms with van der Waals surface area (Å²) < 4.78 is 23.7. The van der Waals surface area contributed by atoms with Crippen molar-refractivity contribution in [2.45, 2.75) is 18.9 Å². The Bertz CT molecular complexity index is 637. The first kappa shape index (κ1) is 16.5. The molecule has 0 saturated carbocycles. The third kappa shape index (κ3) is 4.35. The number of furan rings is 1. The van der Waals surface area contributed by atoms with Gasteiger partial charge in [-0.25, -0.2) is 4.39 Å². The maximum absolute atomic E-state index is 12.8. The van der Waals surface area contributed by atoms with Crippen molar-refractivity contribution in [3.8, 4) is 5.75 Å². The quantitative estimate of drug-likeness (QED) is 0.847. The predicted molar refractivity (Wildman–Crippen MR) is 87.2 cm³/mol. The summed E-state index contributed by atoms with van der Waals surface area (Å²) in [7, 11) is 0. The Hall–Kier alpha value is -2.34. The number of carbonyl (C=O) groups excluding carboxylic acids is 1. The van der Waals surface area contributed by atoms with Gasteiger partial charge in [0.15, 0.2) is 6.61 Å². The van der Waals surface area contributed by atoms with E-state index in [0.29, 0.717) is 12.3 Å². The van der Waals surface area contributed by atoms with Gasteiger partial charge in [-0.2, -0.15) is 0 Å². The number of ether oxygens (including phenoxy) is 1. The molecule has 1 aliphatic rings. The van der Waals surface area contributed by atoms with Crippen molar-refractivity contribution < 1.29 is 18.3 Å². The van der Waals surface area contributed by atoms with Crippen LogP contribution in [0.4, 0.5) is 4.39 Å². The molecule has 1 fully saturated rings. The monoisotopic (exact) mass is 332 g/mol. The molecule has 1 amide bonds. The molecular formula is C18H21FN2O3. The van der Waals surface area contributed by atoms with Gasteiger partial charge < -0.3 is 14.5 Å². The zero-order valence-corrected chi connectivity index (χ0v) is 13.4. The second kappa shape index (κ2) is 7.97. The summed E-state index contributed by atoms with van der Waals surface area (Å²) in [5, 5.41) is 2.89. The van der Waals surface area contributed by atoms with Crippen molar-refractivity contribution in [1.29, 1.82) is 0 Å². The molecule has 1 atom stereocenters. The highest BCUT2D eigenvalue weighted by atomic mass is 19.1. The standard InChI is InChI=1S/C18H21FN2O3/c19-14-5-7-15(8-6-14)24-13-18(22)20-12-16(17-4-3-11-23-17)21-9-1-2-10-21/h3-8,11,16H,1-2,9-10,12-13H2,(H,20,22)/t16-/m0/s1. The molecule has 0 aliphatic carbocycles. The molecular weight excluding hydrogens is 311 g/mol. The number of rotatable bonds is 7. The van der Waals surface area contributed by atoms with Crippen LogP contribution < -0.4 is 10.1 Å². The van der Waals surface area contributed by atoms with Crippen LogP contribution in [0.2, 0.25) is 0 Å². The highest BCUT2D eigenvalue weighted by Gasteiger charge is 2.25. The van der Waals surface area contributed by atoms with E-state index < -0.39 is 0 Å². The van der Waals surface area contributed by atoms with Crippen molar-refractivity contribution >= 4 is 5.91 Å². The predicted octanol–water partition coefficient (Wildman–Crippen LogP) is 2.75. The zero-order chi connectivity index (χ0) is 16.8. The van der Waals surface area contributed by atoms with Crippen molar-refractivity contribution in [2.75, 3.05) is 26.2 Å². The van der Waals surface area contributed by atoms with Crippen molar-refractivity contribution in [3.63, 3.8) is 0 Å². The number of amides is 1. The Balaban J connectivity index is 1.50. The molecule has 3 rings (SSSR count). The Morgan fingerprint density at radius 3 is 2.67 bits per heavy atom. The molecule has 128 valence electrons. The molecule has 0 spiro atoms. The van der Waals surface area contributed by atoms with Gasteiger partial charge in [-0.1, -0.05) is 0 Å². The Labute approximate surface area is 140 Å². The van der Waals surface area contributed by atoms with Crippen LogP contribution in [0.1, 0.15) is 24.6 Å². The summed E-state index contributed by atoms with van der Waals surface area (Å²) >= 11 is 0. The highest BCUT2D eigenvalue weighted by Crippen LogP contribution is 2.24. The molecule has 1 aromatic carbocycles. The Morgan fingerprint density at radius 2 is 2.00 bits per heavy atom. The Morgan fingerprint density at radius 1 is 1.25 bits per heavy atom. The van der Waals surface area contributed by atoms with Gasteiger partial charge in [-0.05, 0) is 62.3 Å². The fraction of sp³-hybridized carbons (Fsp3) is 0.389. The van der Waals surface area contributed by atoms with E-state index >= 15 is 0 Å². The minimum absolute atomic E-state index is 0.0391. The van der Waals surface area contributed by atoms with Gasteiger partial charge >= 0.3 is 0 Å². The minimum Gasteiger partial charge on any atom is -0.484 e. The van der Waals surface area contributed by atoms with Crippen LogP contribution in [0.5, 0.6) is 5.75 Å². The maximum atomic E-state index is 12.8. The summed E-state index contributed by atoms with van der Waals surface area (Å²) in [6.45, 7) is 2.39. The second-order valence-electron chi connectivity index (χ2n) is 5.82. The van der Waals surface area contributed by atoms with Gasteiger partial charge in [-0.3, -0.25) is 9.69 Å². The SMILES string of the molecule is O=C(COc1ccc(F)cc1)NC[C@@H](c1ccco1)N1CCCC1. The van der Waals surface area contributed by atoms with E-state index in [0.717, 1.165) is 18.8 Å². The maximum Gasteiger partial charge on any atom is 0.258 e. The summed E-state index contributed by atoms with van der Waals surface area (Å²) in [5.74, 6) is 0.777. The fourth-order valence-electron chi connectivity index (χ4n) is 2.89. The minimum atomic E-state index is -0.335. The number of hydrogen-bond donors (Lipinski definition) is 1. The lowest BCUT2D eigenvalue weighted by molar-refractivity contribution is -0.123. The van der Waals surface area contributed by atoms with Gasteiger partial charge in [0, 0.05) is 6.54 Å². The first-order chi connectivity index (χ1) is 11.7. The average molecular weight is 332 g/mol. The molecule has 1 saturated heterocycles. The van der Waals surface area contributed by atoms with Gasteiger partial charge in [-0.15, -0.1) is 0 Å². The molecule has 0 radical (unpaired) electrons. The molecule has 5 nitrogen and oxygen atoms in total. The largest absolute Gasteiger partial charge is 0.484 e. The third-order valence-electron chi connectivity index (χ3n) is 4.13. The smallest absolute Gasteiger partial charge is 0.258 e. The first-order valence-electron chi connectivity index (χ1n) is 8.15. The van der Waals surface area contributed by atoms with Crippen LogP contribution in [-0.4, -0.2) is 37.0 Å². The molecule has 1 aromatic heterocycles. The zero-order valence-electron chi connectivity index (χ0n) is 13.4. The van der Waals surface area contributed by atoms with Crippen molar-refractivity contribution in [1.82, 2.24) is 10.2 Å². The highest BCUT2D eigenvalue weighted by molar-refractivity contribution is 5.77. The lowest BCUT2D eigenvalue weighted by Gasteiger charge is -2.26. The molecule has 0 bridgehead atoms. The van der Waals surface area contributed by atoms with E-state index in [9.17, 15) is 9.18 Å². The second-order valence-corrected chi connectivity index (χ2v) is 5.82. The van der Waals surface area contributed by atoms with Crippen LogP contribution in [-0.2, 0) is 4.79 Å². The van der Waals surface area contributed by atoms with Gasteiger partial charge in [0.1, 0.15) is 17.3 Å². The fourth-order valence-corrected chi connectivity index (χ4v) is 2.89. The molecule has 24 heavy (non-hydrogen) atoms. The molecule has 2 heterocycles. The lowest BCUT2D eigenvalue weighted by Crippen LogP contribution is -2.38. The van der Waals surface area contributed by atoms with Crippen molar-refractivity contribution in [2.24, 2.45) is 0 Å². The summed E-state index contributed by atoms with van der Waals surface area (Å²) in [6, 6.07) is 9.43. The number of nitrogens with one attached hydrogen (secondary N) is 1. The molecule has 2 aromatic rings. The van der Waals surface area contributed by atoms with Crippen LogP contribution in [0.15, 0.2) is 47.1 Å². The van der Waals surface area contributed by atoms with Crippen LogP contribution >= 0.6 is 0 Å².